The van der Waals surface area contributed by atoms with Crippen LogP contribution in [0.3, 0.4) is 0 Å². The van der Waals surface area contributed by atoms with E-state index in [0.29, 0.717) is 0 Å². The van der Waals surface area contributed by atoms with Gasteiger partial charge in [-0.25, -0.2) is 4.98 Å². The average molecular weight is 388 g/mol. The molecule has 1 aliphatic rings. The molecule has 6 nitrogen and oxygen atoms in total. The first kappa shape index (κ1) is 18.0. The molecule has 0 spiro atoms. The molecule has 5 rings (SSSR count). The summed E-state index contributed by atoms with van der Waals surface area (Å²) in [6.07, 6.45) is 0. The molecule has 148 valence electrons. The lowest BCUT2D eigenvalue weighted by Gasteiger charge is -2.26. The molecule has 0 unspecified atom stereocenters. The van der Waals surface area contributed by atoms with E-state index in [1.807, 2.05) is 48.5 Å². The van der Waals surface area contributed by atoms with Gasteiger partial charge in [0.15, 0.2) is 5.88 Å². The summed E-state index contributed by atoms with van der Waals surface area (Å²) in [5.74, 6) is 0.147. The molecule has 2 aromatic carbocycles. The van der Waals surface area contributed by atoms with Gasteiger partial charge in [0.1, 0.15) is 0 Å². The van der Waals surface area contributed by atoms with Gasteiger partial charge in [-0.15, -0.1) is 0 Å². The molecule has 2 aromatic heterocycles. The highest BCUT2D eigenvalue weighted by Crippen LogP contribution is 2.38. The first-order chi connectivity index (χ1) is 14.3. The lowest BCUT2D eigenvalue weighted by Crippen LogP contribution is -2.39. The van der Waals surface area contributed by atoms with Crippen molar-refractivity contribution in [3.8, 4) is 17.1 Å². The van der Waals surface area contributed by atoms with Gasteiger partial charge in [-0.3, -0.25) is 4.90 Å². The summed E-state index contributed by atoms with van der Waals surface area (Å²) in [7, 11) is 0. The van der Waals surface area contributed by atoms with Crippen LogP contribution in [0.15, 0.2) is 54.6 Å². The monoisotopic (exact) mass is 388 g/mol. The van der Waals surface area contributed by atoms with Crippen molar-refractivity contribution < 1.29 is 9.84 Å². The van der Waals surface area contributed by atoms with Crippen molar-refractivity contribution in [2.24, 2.45) is 0 Å². The highest BCUT2D eigenvalue weighted by atomic mass is 16.5. The molecular weight excluding hydrogens is 364 g/mol. The highest BCUT2D eigenvalue weighted by molar-refractivity contribution is 6.01. The van der Waals surface area contributed by atoms with Crippen LogP contribution in [0.5, 0.6) is 5.88 Å². The van der Waals surface area contributed by atoms with E-state index in [4.69, 9.17) is 9.72 Å². The van der Waals surface area contributed by atoms with Crippen molar-refractivity contribution in [1.29, 1.82) is 0 Å². The predicted molar refractivity (Wildman–Crippen MR) is 116 cm³/mol. The molecule has 0 bridgehead atoms. The second-order valence-corrected chi connectivity index (χ2v) is 7.35. The first-order valence-electron chi connectivity index (χ1n) is 10.0. The number of anilines is 1. The van der Waals surface area contributed by atoms with Crippen molar-refractivity contribution in [3.63, 3.8) is 0 Å². The van der Waals surface area contributed by atoms with Crippen LogP contribution in [0, 0.1) is 0 Å². The SMILES string of the molecule is Oc1[nH]c2ccccc2c1-c1cc(NCCN2CCOCC2)c2ccccc2n1. The summed E-state index contributed by atoms with van der Waals surface area (Å²) in [6.45, 7) is 5.38. The van der Waals surface area contributed by atoms with Crippen molar-refractivity contribution in [3.05, 3.63) is 54.6 Å². The fourth-order valence-electron chi connectivity index (χ4n) is 4.01. The van der Waals surface area contributed by atoms with E-state index in [2.05, 4.69) is 21.3 Å². The zero-order valence-electron chi connectivity index (χ0n) is 16.2. The number of nitrogens with zero attached hydrogens (tertiary/aromatic N) is 2. The van der Waals surface area contributed by atoms with Crippen LogP contribution >= 0.6 is 0 Å². The van der Waals surface area contributed by atoms with Crippen LogP contribution in [-0.2, 0) is 4.74 Å². The van der Waals surface area contributed by atoms with Gasteiger partial charge >= 0.3 is 0 Å². The number of fused-ring (bicyclic) bond motifs is 2. The Morgan fingerprint density at radius 2 is 1.79 bits per heavy atom. The number of hydrogen-bond donors (Lipinski definition) is 3. The maximum Gasteiger partial charge on any atom is 0.199 e. The molecule has 1 fully saturated rings. The molecule has 0 amide bonds. The Morgan fingerprint density at radius 1 is 1.03 bits per heavy atom. The second-order valence-electron chi connectivity index (χ2n) is 7.35. The predicted octanol–water partition coefficient (Wildman–Crippen LogP) is 3.83. The van der Waals surface area contributed by atoms with Gasteiger partial charge in [0.2, 0.25) is 0 Å². The zero-order valence-corrected chi connectivity index (χ0v) is 16.2. The number of H-pyrrole nitrogens is 1. The Morgan fingerprint density at radius 3 is 2.66 bits per heavy atom. The fourth-order valence-corrected chi connectivity index (χ4v) is 4.01. The van der Waals surface area contributed by atoms with E-state index < -0.39 is 0 Å². The number of para-hydroxylation sites is 2. The molecule has 6 heteroatoms. The number of benzene rings is 2. The maximum atomic E-state index is 10.6. The molecule has 29 heavy (non-hydrogen) atoms. The lowest BCUT2D eigenvalue weighted by molar-refractivity contribution is 0.0398. The quantitative estimate of drug-likeness (QED) is 0.485. The van der Waals surface area contributed by atoms with E-state index in [0.717, 1.165) is 78.1 Å². The number of nitrogens with one attached hydrogen (secondary N) is 2. The van der Waals surface area contributed by atoms with Gasteiger partial charge in [0, 0.05) is 48.2 Å². The third-order valence-electron chi connectivity index (χ3n) is 5.51. The zero-order chi connectivity index (χ0) is 19.6. The summed E-state index contributed by atoms with van der Waals surface area (Å²) < 4.78 is 5.43. The van der Waals surface area contributed by atoms with Gasteiger partial charge < -0.3 is 20.1 Å². The van der Waals surface area contributed by atoms with Crippen LogP contribution in [0.1, 0.15) is 0 Å². The topological polar surface area (TPSA) is 73.4 Å². The summed E-state index contributed by atoms with van der Waals surface area (Å²) in [4.78, 5) is 10.3. The number of aromatic amines is 1. The van der Waals surface area contributed by atoms with Gasteiger partial charge in [-0.2, -0.15) is 0 Å². The third-order valence-corrected chi connectivity index (χ3v) is 5.51. The third kappa shape index (κ3) is 3.52. The molecule has 3 heterocycles. The molecule has 4 aromatic rings. The summed E-state index contributed by atoms with van der Waals surface area (Å²) >= 11 is 0. The number of rotatable bonds is 5. The number of aromatic hydroxyl groups is 1. The van der Waals surface area contributed by atoms with Crippen LogP contribution in [-0.4, -0.2) is 59.4 Å². The fraction of sp³-hybridized carbons (Fsp3) is 0.261. The number of morpholine rings is 1. The van der Waals surface area contributed by atoms with Crippen molar-refractivity contribution in [2.45, 2.75) is 0 Å². The summed E-state index contributed by atoms with van der Waals surface area (Å²) in [6, 6.07) is 18.0. The minimum absolute atomic E-state index is 0.147. The smallest absolute Gasteiger partial charge is 0.199 e. The Bertz CT molecular complexity index is 1150. The number of aromatic nitrogens is 2. The Balaban J connectivity index is 1.51. The van der Waals surface area contributed by atoms with Gasteiger partial charge in [0.05, 0.1) is 30.0 Å². The first-order valence-corrected chi connectivity index (χ1v) is 10.0. The Labute approximate surface area is 169 Å². The summed E-state index contributed by atoms with van der Waals surface area (Å²) in [5.41, 5.74) is 4.33. The number of hydrogen-bond acceptors (Lipinski definition) is 5. The van der Waals surface area contributed by atoms with Crippen molar-refractivity contribution in [2.75, 3.05) is 44.7 Å². The summed E-state index contributed by atoms with van der Waals surface area (Å²) in [5, 5.41) is 16.2. The van der Waals surface area contributed by atoms with Crippen LogP contribution < -0.4 is 5.32 Å². The van der Waals surface area contributed by atoms with Crippen molar-refractivity contribution >= 4 is 27.5 Å². The average Bonchev–Trinajstić information content (AvgIpc) is 3.10. The van der Waals surface area contributed by atoms with E-state index in [1.54, 1.807) is 0 Å². The van der Waals surface area contributed by atoms with E-state index in [-0.39, 0.29) is 5.88 Å². The molecule has 0 saturated carbocycles. The minimum atomic E-state index is 0.147. The van der Waals surface area contributed by atoms with Crippen LogP contribution in [0.2, 0.25) is 0 Å². The molecule has 0 aliphatic carbocycles. The number of ether oxygens (including phenoxy) is 1. The van der Waals surface area contributed by atoms with Gasteiger partial charge in [0.25, 0.3) is 0 Å². The molecular formula is C23H24N4O2. The molecule has 1 aliphatic heterocycles. The molecule has 3 N–H and O–H groups in total. The minimum Gasteiger partial charge on any atom is -0.494 e. The van der Waals surface area contributed by atoms with Crippen molar-refractivity contribution in [1.82, 2.24) is 14.9 Å². The number of pyridine rings is 1. The molecule has 0 atom stereocenters. The second kappa shape index (κ2) is 7.73. The Kier molecular flexibility index (Phi) is 4.79. The Hall–Kier alpha value is -3.09. The van der Waals surface area contributed by atoms with Gasteiger partial charge in [-0.05, 0) is 18.2 Å². The standard InChI is InChI=1S/C23H24N4O2/c28-23-22(17-6-2-4-8-19(17)26-23)21-15-20(16-5-1-3-7-18(16)25-21)24-9-10-27-11-13-29-14-12-27/h1-8,15,26,28H,9-14H2,(H,24,25). The largest absolute Gasteiger partial charge is 0.494 e. The van der Waals surface area contributed by atoms with E-state index >= 15 is 0 Å². The highest BCUT2D eigenvalue weighted by Gasteiger charge is 2.16. The normalized spacial score (nSPS) is 15.2. The van der Waals surface area contributed by atoms with E-state index in [1.165, 1.54) is 0 Å². The maximum absolute atomic E-state index is 10.6. The lowest BCUT2D eigenvalue weighted by atomic mass is 10.1. The van der Waals surface area contributed by atoms with Crippen LogP contribution in [0.25, 0.3) is 33.1 Å². The van der Waals surface area contributed by atoms with Crippen LogP contribution in [0.4, 0.5) is 5.69 Å². The van der Waals surface area contributed by atoms with Gasteiger partial charge in [-0.1, -0.05) is 36.4 Å². The van der Waals surface area contributed by atoms with E-state index in [9.17, 15) is 5.11 Å². The molecule has 0 radical (unpaired) electrons. The molecule has 1 saturated heterocycles.